The van der Waals surface area contributed by atoms with Crippen LogP contribution in [0, 0.1) is 6.92 Å². The lowest BCUT2D eigenvalue weighted by Gasteiger charge is -2.28. The van der Waals surface area contributed by atoms with Gasteiger partial charge in [-0.15, -0.1) is 0 Å². The third-order valence-electron chi connectivity index (χ3n) is 4.08. The molecule has 1 aromatic heterocycles. The van der Waals surface area contributed by atoms with Gasteiger partial charge in [0, 0.05) is 0 Å². The zero-order valence-electron chi connectivity index (χ0n) is 12.9. The summed E-state index contributed by atoms with van der Waals surface area (Å²) < 4.78 is 10.8. The maximum Gasteiger partial charge on any atom is 0.331 e. The molecule has 5 heteroatoms. The highest BCUT2D eigenvalue weighted by atomic mass is 16.5. The number of ether oxygens (including phenoxy) is 1. The van der Waals surface area contributed by atoms with Crippen LogP contribution in [0.15, 0.2) is 34.9 Å². The number of nitrogens with zero attached hydrogens (tertiary/aromatic N) is 1. The topological polar surface area (TPSA) is 64.4 Å². The van der Waals surface area contributed by atoms with Gasteiger partial charge in [0.25, 0.3) is 0 Å². The Hall–Kier alpha value is -2.14. The van der Waals surface area contributed by atoms with Crippen LogP contribution >= 0.6 is 0 Å². The number of nitrogens with one attached hydrogen (secondary N) is 1. The molecule has 1 heterocycles. The quantitative estimate of drug-likeness (QED) is 0.859. The number of benzene rings is 1. The lowest BCUT2D eigenvalue weighted by Crippen LogP contribution is -2.48. The second-order valence-corrected chi connectivity index (χ2v) is 5.50. The van der Waals surface area contributed by atoms with E-state index in [0.29, 0.717) is 25.5 Å². The van der Waals surface area contributed by atoms with Crippen LogP contribution < -0.4 is 5.32 Å². The number of aromatic nitrogens is 1. The van der Waals surface area contributed by atoms with Crippen molar-refractivity contribution in [2.75, 3.05) is 6.61 Å². The van der Waals surface area contributed by atoms with Crippen molar-refractivity contribution in [2.45, 2.75) is 38.8 Å². The van der Waals surface area contributed by atoms with Crippen LogP contribution in [0.25, 0.3) is 0 Å². The number of fused-ring (bicyclic) bond motifs is 1. The van der Waals surface area contributed by atoms with Gasteiger partial charge in [-0.25, -0.2) is 9.78 Å². The average molecular weight is 300 g/mol. The van der Waals surface area contributed by atoms with E-state index >= 15 is 0 Å². The summed E-state index contributed by atoms with van der Waals surface area (Å²) in [5.41, 5.74) is 1.37. The first-order chi connectivity index (χ1) is 10.7. The van der Waals surface area contributed by atoms with Crippen molar-refractivity contribution in [3.63, 3.8) is 0 Å². The summed E-state index contributed by atoms with van der Waals surface area (Å²) in [6.07, 6.45) is 3.22. The summed E-state index contributed by atoms with van der Waals surface area (Å²) in [5, 5.41) is 3.33. The fourth-order valence-corrected chi connectivity index (χ4v) is 3.04. The van der Waals surface area contributed by atoms with E-state index in [9.17, 15) is 4.79 Å². The van der Waals surface area contributed by atoms with E-state index in [1.807, 2.05) is 32.0 Å². The minimum atomic E-state index is -0.811. The third kappa shape index (κ3) is 2.52. The Kier molecular flexibility index (Phi) is 3.98. The van der Waals surface area contributed by atoms with E-state index in [4.69, 9.17) is 9.15 Å². The molecule has 22 heavy (non-hydrogen) atoms. The van der Waals surface area contributed by atoms with Crippen molar-refractivity contribution in [3.05, 3.63) is 53.2 Å². The molecule has 0 fully saturated rings. The Morgan fingerprint density at radius 2 is 2.27 bits per heavy atom. The van der Waals surface area contributed by atoms with Crippen molar-refractivity contribution in [2.24, 2.45) is 0 Å². The molecule has 1 unspecified atom stereocenters. The fraction of sp³-hybridized carbons (Fsp3) is 0.412. The summed E-state index contributed by atoms with van der Waals surface area (Å²) in [6.45, 7) is 4.43. The van der Waals surface area contributed by atoms with Crippen molar-refractivity contribution in [1.29, 1.82) is 0 Å². The van der Waals surface area contributed by atoms with Gasteiger partial charge in [-0.1, -0.05) is 24.3 Å². The molecule has 1 atom stereocenters. The van der Waals surface area contributed by atoms with E-state index < -0.39 is 5.54 Å². The van der Waals surface area contributed by atoms with Gasteiger partial charge in [0.15, 0.2) is 0 Å². The van der Waals surface area contributed by atoms with Crippen LogP contribution in [0.3, 0.4) is 0 Å². The highest BCUT2D eigenvalue weighted by molar-refractivity contribution is 5.84. The molecule has 1 N–H and O–H groups in total. The van der Waals surface area contributed by atoms with Crippen LogP contribution in [-0.2, 0) is 28.0 Å². The van der Waals surface area contributed by atoms with Gasteiger partial charge in [-0.2, -0.15) is 0 Å². The zero-order chi connectivity index (χ0) is 15.6. The molecule has 1 aromatic carbocycles. The monoisotopic (exact) mass is 300 g/mol. The Bertz CT molecular complexity index is 680. The minimum Gasteiger partial charge on any atom is -0.464 e. The van der Waals surface area contributed by atoms with Crippen LogP contribution in [0.1, 0.15) is 36.1 Å². The summed E-state index contributed by atoms with van der Waals surface area (Å²) in [7, 11) is 0. The second-order valence-electron chi connectivity index (χ2n) is 5.50. The molecule has 1 aliphatic carbocycles. The predicted octanol–water partition coefficient (Wildman–Crippen LogP) is 2.48. The molecule has 5 nitrogen and oxygen atoms in total. The Morgan fingerprint density at radius 3 is 3.00 bits per heavy atom. The summed E-state index contributed by atoms with van der Waals surface area (Å²) in [5.74, 6) is 1.10. The number of hydrogen-bond donors (Lipinski definition) is 1. The Balaban J connectivity index is 1.89. The maximum atomic E-state index is 12.6. The van der Waals surface area contributed by atoms with Crippen molar-refractivity contribution in [3.8, 4) is 0 Å². The Labute approximate surface area is 129 Å². The van der Waals surface area contributed by atoms with Gasteiger partial charge in [0.05, 0.1) is 19.3 Å². The highest BCUT2D eigenvalue weighted by Crippen LogP contribution is 2.38. The molecule has 1 aliphatic rings. The van der Waals surface area contributed by atoms with Crippen LogP contribution in [-0.4, -0.2) is 17.6 Å². The number of carbonyl (C=O) groups excluding carboxylic acids is 1. The molecule has 0 bridgehead atoms. The van der Waals surface area contributed by atoms with Crippen molar-refractivity contribution in [1.82, 2.24) is 10.3 Å². The van der Waals surface area contributed by atoms with E-state index in [0.717, 1.165) is 17.7 Å². The number of esters is 1. The smallest absolute Gasteiger partial charge is 0.331 e. The highest BCUT2D eigenvalue weighted by Gasteiger charge is 2.46. The summed E-state index contributed by atoms with van der Waals surface area (Å²) >= 11 is 0. The summed E-state index contributed by atoms with van der Waals surface area (Å²) in [6, 6.07) is 8.01. The first kappa shape index (κ1) is 14.8. The number of carbonyl (C=O) groups is 1. The molecule has 3 rings (SSSR count). The van der Waals surface area contributed by atoms with E-state index in [2.05, 4.69) is 16.4 Å². The lowest BCUT2D eigenvalue weighted by atomic mass is 9.91. The normalized spacial score (nSPS) is 19.9. The van der Waals surface area contributed by atoms with Crippen LogP contribution in [0.5, 0.6) is 0 Å². The molecule has 0 amide bonds. The standard InChI is InChI=1S/C17H20N2O3/c1-3-21-16(20)17(19-11-15-18-10-12(2)22-15)9-8-13-6-4-5-7-14(13)17/h4-7,10,19H,3,8-9,11H2,1-2H3. The maximum absolute atomic E-state index is 12.6. The molecule has 0 radical (unpaired) electrons. The third-order valence-corrected chi connectivity index (χ3v) is 4.08. The lowest BCUT2D eigenvalue weighted by molar-refractivity contribution is -0.152. The predicted molar refractivity (Wildman–Crippen MR) is 81.2 cm³/mol. The molecular formula is C17H20N2O3. The average Bonchev–Trinajstić information content (AvgIpc) is 3.10. The summed E-state index contributed by atoms with van der Waals surface area (Å²) in [4.78, 5) is 16.8. The van der Waals surface area contributed by atoms with Gasteiger partial charge in [0.2, 0.25) is 5.89 Å². The van der Waals surface area contributed by atoms with Gasteiger partial charge in [-0.05, 0) is 37.8 Å². The zero-order valence-corrected chi connectivity index (χ0v) is 12.9. The minimum absolute atomic E-state index is 0.233. The number of aryl methyl sites for hydroxylation is 2. The molecule has 116 valence electrons. The van der Waals surface area contributed by atoms with E-state index in [1.54, 1.807) is 6.20 Å². The molecule has 2 aromatic rings. The van der Waals surface area contributed by atoms with Gasteiger partial charge >= 0.3 is 5.97 Å². The van der Waals surface area contributed by atoms with Gasteiger partial charge in [-0.3, -0.25) is 5.32 Å². The largest absolute Gasteiger partial charge is 0.464 e. The van der Waals surface area contributed by atoms with E-state index in [1.165, 1.54) is 5.56 Å². The van der Waals surface area contributed by atoms with Gasteiger partial charge < -0.3 is 9.15 Å². The second kappa shape index (κ2) is 5.93. The molecule has 0 saturated carbocycles. The van der Waals surface area contributed by atoms with Crippen LogP contribution in [0.2, 0.25) is 0 Å². The van der Waals surface area contributed by atoms with Crippen molar-refractivity contribution < 1.29 is 13.9 Å². The number of rotatable bonds is 5. The van der Waals surface area contributed by atoms with Crippen LogP contribution in [0.4, 0.5) is 0 Å². The molecule has 0 saturated heterocycles. The number of hydrogen-bond acceptors (Lipinski definition) is 5. The fourth-order valence-electron chi connectivity index (χ4n) is 3.04. The molecule has 0 spiro atoms. The van der Waals surface area contributed by atoms with E-state index in [-0.39, 0.29) is 5.97 Å². The first-order valence-electron chi connectivity index (χ1n) is 7.57. The number of oxazole rings is 1. The van der Waals surface area contributed by atoms with Gasteiger partial charge in [0.1, 0.15) is 11.3 Å². The first-order valence-corrected chi connectivity index (χ1v) is 7.57. The molecular weight excluding hydrogens is 280 g/mol. The van der Waals surface area contributed by atoms with Crippen molar-refractivity contribution >= 4 is 5.97 Å². The molecule has 0 aliphatic heterocycles. The SMILES string of the molecule is CCOC(=O)C1(NCc2ncc(C)o2)CCc2ccccc21. The Morgan fingerprint density at radius 1 is 1.45 bits per heavy atom.